The number of benzene rings is 1. The number of sulfonamides is 1. The van der Waals surface area contributed by atoms with Crippen molar-refractivity contribution < 1.29 is 13.2 Å². The maximum atomic E-state index is 12.5. The highest BCUT2D eigenvalue weighted by atomic mass is 127. The monoisotopic (exact) mass is 523 g/mol. The van der Waals surface area contributed by atoms with Gasteiger partial charge in [-0.15, -0.1) is 24.0 Å². The zero-order valence-corrected chi connectivity index (χ0v) is 20.0. The molecule has 1 amide bonds. The second-order valence-corrected chi connectivity index (χ2v) is 8.68. The fourth-order valence-corrected chi connectivity index (χ4v) is 4.01. The van der Waals surface area contributed by atoms with Gasteiger partial charge >= 0.3 is 0 Å². The molecule has 0 bridgehead atoms. The first-order chi connectivity index (χ1) is 12.8. The van der Waals surface area contributed by atoms with Gasteiger partial charge in [0, 0.05) is 53.7 Å². The lowest BCUT2D eigenvalue weighted by molar-refractivity contribution is -0.130. The summed E-state index contributed by atoms with van der Waals surface area (Å²) in [6.45, 7) is 7.26. The molecular formula is C18H30IN5O3S. The molecule has 1 aromatic carbocycles. The zero-order valence-electron chi connectivity index (χ0n) is 16.9. The Balaban J connectivity index is 0.00000392. The van der Waals surface area contributed by atoms with Gasteiger partial charge < -0.3 is 15.1 Å². The van der Waals surface area contributed by atoms with Crippen LogP contribution in [0.3, 0.4) is 0 Å². The topological polar surface area (TPSA) is 85.3 Å². The number of nitrogens with one attached hydrogen (secondary N) is 1. The van der Waals surface area contributed by atoms with Crippen molar-refractivity contribution in [2.24, 2.45) is 4.99 Å². The summed E-state index contributed by atoms with van der Waals surface area (Å²) >= 11 is 0. The van der Waals surface area contributed by atoms with Crippen molar-refractivity contribution in [3.8, 4) is 0 Å². The number of rotatable bonds is 5. The first kappa shape index (κ1) is 24.6. The van der Waals surface area contributed by atoms with Gasteiger partial charge in [0.05, 0.1) is 11.4 Å². The third kappa shape index (κ3) is 6.05. The minimum Gasteiger partial charge on any atom is -0.357 e. The molecule has 0 aromatic heterocycles. The average molecular weight is 523 g/mol. The molecule has 1 saturated heterocycles. The second kappa shape index (κ2) is 11.0. The van der Waals surface area contributed by atoms with Crippen LogP contribution >= 0.6 is 24.0 Å². The summed E-state index contributed by atoms with van der Waals surface area (Å²) in [6, 6.07) is 6.93. The summed E-state index contributed by atoms with van der Waals surface area (Å²) in [6.07, 6.45) is 0. The number of carbonyl (C=O) groups excluding carboxylic acids is 1. The first-order valence-electron chi connectivity index (χ1n) is 9.06. The number of aliphatic imine (C=N–C) groups is 1. The molecule has 2 rings (SSSR count). The van der Waals surface area contributed by atoms with Gasteiger partial charge in [0.25, 0.3) is 0 Å². The van der Waals surface area contributed by atoms with E-state index in [9.17, 15) is 13.2 Å². The second-order valence-electron chi connectivity index (χ2n) is 6.56. The lowest BCUT2D eigenvalue weighted by Gasteiger charge is -2.36. The molecular weight excluding hydrogens is 493 g/mol. The van der Waals surface area contributed by atoms with Gasteiger partial charge in [-0.1, -0.05) is 18.2 Å². The maximum absolute atomic E-state index is 12.5. The van der Waals surface area contributed by atoms with Crippen LogP contribution < -0.4 is 5.32 Å². The van der Waals surface area contributed by atoms with Gasteiger partial charge in [0.2, 0.25) is 15.9 Å². The van der Waals surface area contributed by atoms with E-state index in [0.717, 1.165) is 5.96 Å². The fraction of sp³-hybridized carbons (Fsp3) is 0.556. The minimum atomic E-state index is -3.52. The summed E-state index contributed by atoms with van der Waals surface area (Å²) in [5, 5.41) is 3.26. The predicted octanol–water partition coefficient (Wildman–Crippen LogP) is 1.18. The lowest BCUT2D eigenvalue weighted by Crippen LogP contribution is -2.53. The quantitative estimate of drug-likeness (QED) is 0.356. The number of hydrogen-bond donors (Lipinski definition) is 1. The van der Waals surface area contributed by atoms with Crippen LogP contribution in [-0.2, 0) is 21.4 Å². The highest BCUT2D eigenvalue weighted by molar-refractivity contribution is 14.0. The molecule has 10 heteroatoms. The number of halogens is 1. The van der Waals surface area contributed by atoms with E-state index >= 15 is 0 Å². The van der Waals surface area contributed by atoms with Crippen molar-refractivity contribution in [1.29, 1.82) is 0 Å². The minimum absolute atomic E-state index is 0. The van der Waals surface area contributed by atoms with Gasteiger partial charge in [0.1, 0.15) is 0 Å². The Morgan fingerprint density at radius 3 is 2.25 bits per heavy atom. The maximum Gasteiger partial charge on any atom is 0.242 e. The summed E-state index contributed by atoms with van der Waals surface area (Å²) in [4.78, 5) is 20.4. The number of guanidine groups is 1. The predicted molar refractivity (Wildman–Crippen MR) is 121 cm³/mol. The van der Waals surface area contributed by atoms with E-state index in [1.807, 2.05) is 17.9 Å². The standard InChI is InChI=1S/C18H29N5O3S.HI/c1-5-19-18(23-12-10-22(11-13-23)15(2)24)20-14-16-8-6-7-9-17(16)27(25,26)21(3)4;/h6-9H,5,10-14H2,1-4H3,(H,19,20);1H. The van der Waals surface area contributed by atoms with Crippen LogP contribution in [0.1, 0.15) is 19.4 Å². The molecule has 8 nitrogen and oxygen atoms in total. The highest BCUT2D eigenvalue weighted by Gasteiger charge is 2.22. The zero-order chi connectivity index (χ0) is 20.0. The van der Waals surface area contributed by atoms with E-state index in [2.05, 4.69) is 15.2 Å². The molecule has 1 aliphatic heterocycles. The SMILES string of the molecule is CCNC(=NCc1ccccc1S(=O)(=O)N(C)C)N1CCN(C(C)=O)CC1.I. The van der Waals surface area contributed by atoms with Crippen LogP contribution in [0.2, 0.25) is 0 Å². The number of piperazine rings is 1. The Bertz CT molecular complexity index is 790. The molecule has 0 saturated carbocycles. The summed E-state index contributed by atoms with van der Waals surface area (Å²) in [7, 11) is -0.480. The Kier molecular flexibility index (Phi) is 9.64. The number of hydrogen-bond acceptors (Lipinski definition) is 4. The number of nitrogens with zero attached hydrogens (tertiary/aromatic N) is 4. The Hall–Kier alpha value is -1.40. The van der Waals surface area contributed by atoms with Crippen molar-refractivity contribution in [2.75, 3.05) is 46.8 Å². The van der Waals surface area contributed by atoms with Gasteiger partial charge in [0.15, 0.2) is 5.96 Å². The smallest absolute Gasteiger partial charge is 0.242 e. The van der Waals surface area contributed by atoms with E-state index in [0.29, 0.717) is 38.3 Å². The highest BCUT2D eigenvalue weighted by Crippen LogP contribution is 2.19. The Labute approximate surface area is 185 Å². The van der Waals surface area contributed by atoms with E-state index in [1.54, 1.807) is 25.1 Å². The Morgan fingerprint density at radius 1 is 1.14 bits per heavy atom. The van der Waals surface area contributed by atoms with Crippen LogP contribution in [0, 0.1) is 0 Å². The van der Waals surface area contributed by atoms with Gasteiger partial charge in [-0.05, 0) is 18.6 Å². The van der Waals surface area contributed by atoms with Crippen LogP contribution in [0.4, 0.5) is 0 Å². The van der Waals surface area contributed by atoms with Gasteiger partial charge in [-0.2, -0.15) is 0 Å². The van der Waals surface area contributed by atoms with Gasteiger partial charge in [-0.3, -0.25) is 4.79 Å². The van der Waals surface area contributed by atoms with Crippen LogP contribution in [0.15, 0.2) is 34.2 Å². The van der Waals surface area contributed by atoms with Crippen molar-refractivity contribution >= 4 is 45.9 Å². The molecule has 0 atom stereocenters. The molecule has 0 aliphatic carbocycles. The van der Waals surface area contributed by atoms with Crippen molar-refractivity contribution in [1.82, 2.24) is 19.4 Å². The van der Waals surface area contributed by atoms with Crippen LogP contribution in [0.5, 0.6) is 0 Å². The van der Waals surface area contributed by atoms with Crippen LogP contribution in [0.25, 0.3) is 0 Å². The molecule has 1 aliphatic rings. The third-order valence-corrected chi connectivity index (χ3v) is 6.41. The average Bonchev–Trinajstić information content (AvgIpc) is 2.65. The molecule has 1 N–H and O–H groups in total. The molecule has 1 heterocycles. The third-order valence-electron chi connectivity index (χ3n) is 4.49. The van der Waals surface area contributed by atoms with Crippen molar-refractivity contribution in [3.05, 3.63) is 29.8 Å². The normalized spacial score (nSPS) is 15.4. The molecule has 158 valence electrons. The fourth-order valence-electron chi connectivity index (χ4n) is 2.90. The Morgan fingerprint density at radius 2 is 1.71 bits per heavy atom. The van der Waals surface area contributed by atoms with Crippen LogP contribution in [-0.4, -0.2) is 81.2 Å². The summed E-state index contributed by atoms with van der Waals surface area (Å²) < 4.78 is 26.3. The molecule has 0 spiro atoms. The van der Waals surface area contributed by atoms with E-state index in [-0.39, 0.29) is 41.3 Å². The molecule has 1 fully saturated rings. The summed E-state index contributed by atoms with van der Waals surface area (Å²) in [5.74, 6) is 0.817. The van der Waals surface area contributed by atoms with Gasteiger partial charge in [-0.25, -0.2) is 17.7 Å². The molecule has 28 heavy (non-hydrogen) atoms. The van der Waals surface area contributed by atoms with Crippen molar-refractivity contribution in [3.63, 3.8) is 0 Å². The lowest BCUT2D eigenvalue weighted by atomic mass is 10.2. The molecule has 1 aromatic rings. The number of carbonyl (C=O) groups is 1. The largest absolute Gasteiger partial charge is 0.357 e. The number of amides is 1. The van der Waals surface area contributed by atoms with E-state index in [1.165, 1.54) is 18.4 Å². The first-order valence-corrected chi connectivity index (χ1v) is 10.5. The summed E-state index contributed by atoms with van der Waals surface area (Å²) in [5.41, 5.74) is 0.656. The van der Waals surface area contributed by atoms with E-state index < -0.39 is 10.0 Å². The molecule has 0 unspecified atom stereocenters. The van der Waals surface area contributed by atoms with E-state index in [4.69, 9.17) is 0 Å². The molecule has 0 radical (unpaired) electrons. The van der Waals surface area contributed by atoms with Crippen molar-refractivity contribution in [2.45, 2.75) is 25.3 Å².